The molecular formula is C18H19NO5. The van der Waals surface area contributed by atoms with Crippen LogP contribution < -0.4 is 19.5 Å². The second-order valence-corrected chi connectivity index (χ2v) is 5.31. The third kappa shape index (κ3) is 3.37. The van der Waals surface area contributed by atoms with Crippen LogP contribution in [0.15, 0.2) is 42.5 Å². The van der Waals surface area contributed by atoms with Gasteiger partial charge in [-0.25, -0.2) is 4.79 Å². The zero-order valence-corrected chi connectivity index (χ0v) is 13.6. The number of alkyl carbamates (subject to hydrolysis) is 1. The summed E-state index contributed by atoms with van der Waals surface area (Å²) in [7, 11) is 3.13. The van der Waals surface area contributed by atoms with Gasteiger partial charge in [-0.3, -0.25) is 0 Å². The minimum absolute atomic E-state index is 0.246. The van der Waals surface area contributed by atoms with Crippen LogP contribution in [0.3, 0.4) is 0 Å². The molecule has 0 aromatic heterocycles. The molecule has 1 aliphatic heterocycles. The number of ether oxygens (including phenoxy) is 4. The Morgan fingerprint density at radius 3 is 2.42 bits per heavy atom. The van der Waals surface area contributed by atoms with Crippen LogP contribution in [0.4, 0.5) is 4.79 Å². The Morgan fingerprint density at radius 1 is 1.08 bits per heavy atom. The van der Waals surface area contributed by atoms with E-state index >= 15 is 0 Å². The quantitative estimate of drug-likeness (QED) is 0.882. The third-order valence-electron chi connectivity index (χ3n) is 3.80. The molecule has 0 aliphatic carbocycles. The second kappa shape index (κ2) is 7.12. The highest BCUT2D eigenvalue weighted by Gasteiger charge is 2.28. The van der Waals surface area contributed by atoms with E-state index in [1.54, 1.807) is 26.4 Å². The van der Waals surface area contributed by atoms with Crippen LogP contribution in [0, 0.1) is 0 Å². The maximum Gasteiger partial charge on any atom is 0.407 e. The zero-order valence-electron chi connectivity index (χ0n) is 13.6. The van der Waals surface area contributed by atoms with Gasteiger partial charge in [0.05, 0.1) is 20.3 Å². The molecule has 2 aromatic rings. The van der Waals surface area contributed by atoms with E-state index < -0.39 is 6.09 Å². The van der Waals surface area contributed by atoms with Crippen molar-refractivity contribution in [2.45, 2.75) is 12.6 Å². The van der Waals surface area contributed by atoms with Crippen molar-refractivity contribution in [2.24, 2.45) is 0 Å². The Bertz CT molecular complexity index is 717. The van der Waals surface area contributed by atoms with Crippen LogP contribution in [0.25, 0.3) is 0 Å². The van der Waals surface area contributed by atoms with Crippen LogP contribution >= 0.6 is 0 Å². The van der Waals surface area contributed by atoms with Crippen molar-refractivity contribution < 1.29 is 23.7 Å². The lowest BCUT2D eigenvalue weighted by molar-refractivity contribution is 0.176. The van der Waals surface area contributed by atoms with Gasteiger partial charge in [0.1, 0.15) is 19.0 Å². The summed E-state index contributed by atoms with van der Waals surface area (Å²) in [5.41, 5.74) is 1.83. The number of carbonyl (C=O) groups is 1. The summed E-state index contributed by atoms with van der Waals surface area (Å²) in [4.78, 5) is 11.4. The van der Waals surface area contributed by atoms with Crippen molar-refractivity contribution in [3.63, 3.8) is 0 Å². The predicted octanol–water partition coefficient (Wildman–Crippen LogP) is 3.06. The monoisotopic (exact) mass is 329 g/mol. The molecule has 1 saturated heterocycles. The van der Waals surface area contributed by atoms with Crippen molar-refractivity contribution in [1.82, 2.24) is 5.32 Å². The number of nitrogens with one attached hydrogen (secondary N) is 1. The third-order valence-corrected chi connectivity index (χ3v) is 3.80. The number of methoxy groups -OCH3 is 2. The number of hydrogen-bond acceptors (Lipinski definition) is 5. The van der Waals surface area contributed by atoms with Crippen molar-refractivity contribution in [3.8, 4) is 17.2 Å². The molecule has 0 unspecified atom stereocenters. The summed E-state index contributed by atoms with van der Waals surface area (Å²) in [5, 5.41) is 2.76. The van der Waals surface area contributed by atoms with E-state index in [1.807, 2.05) is 30.3 Å². The van der Waals surface area contributed by atoms with E-state index in [0.29, 0.717) is 23.9 Å². The van der Waals surface area contributed by atoms with E-state index in [1.165, 1.54) is 0 Å². The smallest absolute Gasteiger partial charge is 0.407 e. The molecule has 0 saturated carbocycles. The fourth-order valence-corrected chi connectivity index (χ4v) is 2.56. The molecule has 1 N–H and O–H groups in total. The number of carbonyl (C=O) groups excluding carboxylic acids is 1. The molecule has 0 spiro atoms. The fraction of sp³-hybridized carbons (Fsp3) is 0.278. The van der Waals surface area contributed by atoms with Gasteiger partial charge in [-0.2, -0.15) is 0 Å². The molecule has 3 rings (SSSR count). The molecule has 6 nitrogen and oxygen atoms in total. The van der Waals surface area contributed by atoms with Crippen molar-refractivity contribution >= 4 is 6.09 Å². The molecule has 0 bridgehead atoms. The summed E-state index contributed by atoms with van der Waals surface area (Å²) < 4.78 is 21.7. The second-order valence-electron chi connectivity index (χ2n) is 5.31. The van der Waals surface area contributed by atoms with E-state index in [4.69, 9.17) is 18.9 Å². The summed E-state index contributed by atoms with van der Waals surface area (Å²) in [6.07, 6.45) is -0.441. The Balaban J connectivity index is 1.90. The number of amides is 1. The number of hydrogen-bond donors (Lipinski definition) is 1. The molecule has 126 valence electrons. The molecular weight excluding hydrogens is 310 g/mol. The van der Waals surface area contributed by atoms with E-state index in [9.17, 15) is 4.79 Å². The normalized spacial score (nSPS) is 16.2. The molecule has 1 aliphatic rings. The first-order chi connectivity index (χ1) is 11.7. The van der Waals surface area contributed by atoms with Crippen molar-refractivity contribution in [2.75, 3.05) is 20.8 Å². The number of benzene rings is 2. The average Bonchev–Trinajstić information content (AvgIpc) is 3.06. The highest BCUT2D eigenvalue weighted by molar-refractivity contribution is 5.70. The number of cyclic esters (lactones) is 1. The molecule has 1 amide bonds. The maximum atomic E-state index is 11.4. The Kier molecular flexibility index (Phi) is 4.74. The van der Waals surface area contributed by atoms with Crippen LogP contribution in [0.1, 0.15) is 17.2 Å². The van der Waals surface area contributed by atoms with E-state index in [-0.39, 0.29) is 12.6 Å². The Morgan fingerprint density at radius 2 is 1.79 bits per heavy atom. The van der Waals surface area contributed by atoms with Crippen LogP contribution in [0.5, 0.6) is 17.2 Å². The van der Waals surface area contributed by atoms with Gasteiger partial charge in [0.15, 0.2) is 11.5 Å². The van der Waals surface area contributed by atoms with Gasteiger partial charge in [0.25, 0.3) is 0 Å². The number of rotatable bonds is 6. The topological polar surface area (TPSA) is 66.0 Å². The summed E-state index contributed by atoms with van der Waals surface area (Å²) >= 11 is 0. The minimum Gasteiger partial charge on any atom is -0.493 e. The minimum atomic E-state index is -0.441. The Labute approximate surface area is 140 Å². The SMILES string of the molecule is COc1cc(OCc2ccccc2)c([C@H]2COC(=O)N2)cc1OC. The maximum absolute atomic E-state index is 11.4. The van der Waals surface area contributed by atoms with Gasteiger partial charge in [-0.05, 0) is 11.6 Å². The molecule has 24 heavy (non-hydrogen) atoms. The first-order valence-corrected chi connectivity index (χ1v) is 7.57. The highest BCUT2D eigenvalue weighted by Crippen LogP contribution is 2.38. The van der Waals surface area contributed by atoms with Crippen molar-refractivity contribution in [3.05, 3.63) is 53.6 Å². The van der Waals surface area contributed by atoms with E-state index in [2.05, 4.69) is 5.32 Å². The zero-order chi connectivity index (χ0) is 16.9. The lowest BCUT2D eigenvalue weighted by atomic mass is 10.1. The van der Waals surface area contributed by atoms with Gasteiger partial charge in [-0.1, -0.05) is 30.3 Å². The van der Waals surface area contributed by atoms with Crippen LogP contribution in [0.2, 0.25) is 0 Å². The van der Waals surface area contributed by atoms with Gasteiger partial charge in [0.2, 0.25) is 0 Å². The summed E-state index contributed by atoms with van der Waals surface area (Å²) in [5.74, 6) is 1.75. The summed E-state index contributed by atoms with van der Waals surface area (Å²) in [6, 6.07) is 13.1. The summed E-state index contributed by atoms with van der Waals surface area (Å²) in [6.45, 7) is 0.654. The van der Waals surface area contributed by atoms with Crippen molar-refractivity contribution in [1.29, 1.82) is 0 Å². The lowest BCUT2D eigenvalue weighted by Crippen LogP contribution is -2.19. The molecule has 1 fully saturated rings. The highest BCUT2D eigenvalue weighted by atomic mass is 16.6. The lowest BCUT2D eigenvalue weighted by Gasteiger charge is -2.18. The van der Waals surface area contributed by atoms with Gasteiger partial charge in [0, 0.05) is 11.6 Å². The molecule has 1 atom stereocenters. The molecule has 6 heteroatoms. The van der Waals surface area contributed by atoms with Crippen LogP contribution in [-0.2, 0) is 11.3 Å². The van der Waals surface area contributed by atoms with Crippen LogP contribution in [-0.4, -0.2) is 26.9 Å². The fourth-order valence-electron chi connectivity index (χ4n) is 2.56. The first kappa shape index (κ1) is 16.0. The largest absolute Gasteiger partial charge is 0.493 e. The average molecular weight is 329 g/mol. The van der Waals surface area contributed by atoms with Gasteiger partial charge < -0.3 is 24.3 Å². The van der Waals surface area contributed by atoms with E-state index in [0.717, 1.165) is 11.1 Å². The first-order valence-electron chi connectivity index (χ1n) is 7.57. The van der Waals surface area contributed by atoms with Gasteiger partial charge >= 0.3 is 6.09 Å². The predicted molar refractivity (Wildman–Crippen MR) is 87.5 cm³/mol. The molecule has 0 radical (unpaired) electrons. The molecule has 1 heterocycles. The Hall–Kier alpha value is -2.89. The standard InChI is InChI=1S/C18H19NO5/c1-21-16-8-13(14-11-24-18(20)19-14)15(9-17(16)22-2)23-10-12-6-4-3-5-7-12/h3-9,14H,10-11H2,1-2H3,(H,19,20)/t14-/m1/s1. The molecule has 2 aromatic carbocycles. The van der Waals surface area contributed by atoms with Gasteiger partial charge in [-0.15, -0.1) is 0 Å².